The van der Waals surface area contributed by atoms with Gasteiger partial charge in [0.1, 0.15) is 5.82 Å². The number of nitrogens with zero attached hydrogens (tertiary/aromatic N) is 2. The molecule has 1 aromatic rings. The van der Waals surface area contributed by atoms with Gasteiger partial charge in [-0.3, -0.25) is 4.79 Å². The molecule has 2 heterocycles. The minimum absolute atomic E-state index is 0.133. The maximum absolute atomic E-state index is 12.7. The van der Waals surface area contributed by atoms with E-state index in [9.17, 15) is 4.79 Å². The summed E-state index contributed by atoms with van der Waals surface area (Å²) in [6.07, 6.45) is 1.08. The van der Waals surface area contributed by atoms with E-state index >= 15 is 0 Å². The lowest BCUT2D eigenvalue weighted by molar-refractivity contribution is 0.0768. The van der Waals surface area contributed by atoms with Gasteiger partial charge in [-0.15, -0.1) is 0 Å². The molecular weight excluding hydrogens is 270 g/mol. The van der Waals surface area contributed by atoms with Crippen LogP contribution in [0, 0.1) is 0 Å². The van der Waals surface area contributed by atoms with E-state index in [0.29, 0.717) is 5.92 Å². The van der Waals surface area contributed by atoms with Gasteiger partial charge in [-0.25, -0.2) is 4.98 Å². The molecule has 0 aliphatic carbocycles. The number of amides is 1. The van der Waals surface area contributed by atoms with Crippen molar-refractivity contribution in [1.82, 2.24) is 9.88 Å². The Hall–Kier alpha value is -1.23. The minimum Gasteiger partial charge on any atom is -0.373 e. The Morgan fingerprint density at radius 3 is 2.85 bits per heavy atom. The minimum atomic E-state index is 0.133. The lowest BCUT2D eigenvalue weighted by atomic mass is 10.1. The first kappa shape index (κ1) is 15.2. The summed E-state index contributed by atoms with van der Waals surface area (Å²) in [5, 5.41) is 3.05. The Bertz CT molecular complexity index is 468. The second-order valence-electron chi connectivity index (χ2n) is 5.33. The van der Waals surface area contributed by atoms with Crippen molar-refractivity contribution < 1.29 is 4.79 Å². The zero-order chi connectivity index (χ0) is 14.5. The number of thioether (sulfide) groups is 1. The van der Waals surface area contributed by atoms with Crippen molar-refractivity contribution in [3.63, 3.8) is 0 Å². The molecule has 0 radical (unpaired) electrons. The quantitative estimate of drug-likeness (QED) is 0.931. The number of rotatable bonds is 3. The van der Waals surface area contributed by atoms with E-state index < -0.39 is 0 Å². The van der Waals surface area contributed by atoms with Crippen molar-refractivity contribution in [2.24, 2.45) is 0 Å². The molecule has 0 unspecified atom stereocenters. The number of anilines is 1. The fourth-order valence-corrected chi connectivity index (χ4v) is 3.12. The van der Waals surface area contributed by atoms with E-state index in [4.69, 9.17) is 0 Å². The molecular formula is C15H23N3OS. The third-order valence-corrected chi connectivity index (χ3v) is 4.50. The molecule has 1 saturated heterocycles. The van der Waals surface area contributed by atoms with Gasteiger partial charge >= 0.3 is 0 Å². The summed E-state index contributed by atoms with van der Waals surface area (Å²) in [6.45, 7) is 5.90. The van der Waals surface area contributed by atoms with Gasteiger partial charge in [0, 0.05) is 37.1 Å². The molecule has 0 atom stereocenters. The first-order chi connectivity index (χ1) is 9.61. The maximum atomic E-state index is 12.7. The van der Waals surface area contributed by atoms with Crippen LogP contribution in [0.2, 0.25) is 0 Å². The predicted molar refractivity (Wildman–Crippen MR) is 85.7 cm³/mol. The van der Waals surface area contributed by atoms with Crippen LogP contribution in [-0.2, 0) is 0 Å². The molecule has 2 rings (SSSR count). The number of hydrogen-bond donors (Lipinski definition) is 1. The molecule has 0 aromatic carbocycles. The van der Waals surface area contributed by atoms with E-state index in [1.165, 1.54) is 0 Å². The predicted octanol–water partition coefficient (Wildman–Crippen LogP) is 2.83. The lowest BCUT2D eigenvalue weighted by Crippen LogP contribution is -2.33. The average molecular weight is 293 g/mol. The van der Waals surface area contributed by atoms with Gasteiger partial charge in [-0.2, -0.15) is 11.8 Å². The Labute approximate surface area is 125 Å². The Morgan fingerprint density at radius 2 is 2.15 bits per heavy atom. The van der Waals surface area contributed by atoms with Crippen molar-refractivity contribution in [3.8, 4) is 0 Å². The second kappa shape index (κ2) is 6.97. The molecule has 110 valence electrons. The van der Waals surface area contributed by atoms with Gasteiger partial charge in [0.05, 0.1) is 0 Å². The summed E-state index contributed by atoms with van der Waals surface area (Å²) < 4.78 is 0. The van der Waals surface area contributed by atoms with Crippen LogP contribution in [0.4, 0.5) is 5.82 Å². The molecule has 1 amide bonds. The Balaban J connectivity index is 2.25. The smallest absolute Gasteiger partial charge is 0.254 e. The number of aromatic nitrogens is 1. The SMILES string of the molecule is CNc1cc(C(=O)N2CCCSCC2)cc(C(C)C)n1. The van der Waals surface area contributed by atoms with Crippen molar-refractivity contribution >= 4 is 23.5 Å². The van der Waals surface area contributed by atoms with Crippen LogP contribution >= 0.6 is 11.8 Å². The van der Waals surface area contributed by atoms with Crippen LogP contribution in [0.25, 0.3) is 0 Å². The molecule has 0 saturated carbocycles. The van der Waals surface area contributed by atoms with Gasteiger partial charge in [0.2, 0.25) is 0 Å². The van der Waals surface area contributed by atoms with Crippen LogP contribution in [-0.4, -0.2) is 47.4 Å². The number of carbonyl (C=O) groups excluding carboxylic acids is 1. The fourth-order valence-electron chi connectivity index (χ4n) is 2.23. The zero-order valence-electron chi connectivity index (χ0n) is 12.5. The largest absolute Gasteiger partial charge is 0.373 e. The molecule has 4 nitrogen and oxygen atoms in total. The average Bonchev–Trinajstić information content (AvgIpc) is 2.74. The third kappa shape index (κ3) is 3.66. The van der Waals surface area contributed by atoms with E-state index in [0.717, 1.165) is 48.1 Å². The number of nitrogens with one attached hydrogen (secondary N) is 1. The monoisotopic (exact) mass is 293 g/mol. The van der Waals surface area contributed by atoms with Crippen LogP contribution in [0.15, 0.2) is 12.1 Å². The van der Waals surface area contributed by atoms with Crippen LogP contribution in [0.3, 0.4) is 0 Å². The third-order valence-electron chi connectivity index (χ3n) is 3.45. The summed E-state index contributed by atoms with van der Waals surface area (Å²) in [5.41, 5.74) is 1.71. The maximum Gasteiger partial charge on any atom is 0.254 e. The van der Waals surface area contributed by atoms with Gasteiger partial charge < -0.3 is 10.2 Å². The molecule has 0 spiro atoms. The summed E-state index contributed by atoms with van der Waals surface area (Å²) in [5.74, 6) is 3.40. The molecule has 1 aliphatic rings. The lowest BCUT2D eigenvalue weighted by Gasteiger charge is -2.21. The van der Waals surface area contributed by atoms with Crippen LogP contribution in [0.5, 0.6) is 0 Å². The number of hydrogen-bond acceptors (Lipinski definition) is 4. The summed E-state index contributed by atoms with van der Waals surface area (Å²) in [4.78, 5) is 19.1. The van der Waals surface area contributed by atoms with Gasteiger partial charge in [-0.05, 0) is 30.2 Å². The first-order valence-electron chi connectivity index (χ1n) is 7.18. The molecule has 1 aliphatic heterocycles. The number of carbonyl (C=O) groups is 1. The summed E-state index contributed by atoms with van der Waals surface area (Å²) in [7, 11) is 1.84. The molecule has 1 fully saturated rings. The molecule has 1 aromatic heterocycles. The van der Waals surface area contributed by atoms with Crippen LogP contribution in [0.1, 0.15) is 42.2 Å². The molecule has 5 heteroatoms. The molecule has 1 N–H and O–H groups in total. The van der Waals surface area contributed by atoms with Crippen molar-refractivity contribution in [2.45, 2.75) is 26.2 Å². The van der Waals surface area contributed by atoms with Gasteiger partial charge in [0.25, 0.3) is 5.91 Å². The van der Waals surface area contributed by atoms with E-state index in [2.05, 4.69) is 24.1 Å². The standard InChI is InChI=1S/C15H23N3OS/c1-11(2)13-9-12(10-14(16-3)17-13)15(19)18-5-4-7-20-8-6-18/h9-11H,4-8H2,1-3H3,(H,16,17). The normalized spacial score (nSPS) is 16.1. The fraction of sp³-hybridized carbons (Fsp3) is 0.600. The van der Waals surface area contributed by atoms with Crippen molar-refractivity contribution in [1.29, 1.82) is 0 Å². The van der Waals surface area contributed by atoms with E-state index in [1.54, 1.807) is 0 Å². The highest BCUT2D eigenvalue weighted by Gasteiger charge is 2.19. The van der Waals surface area contributed by atoms with E-state index in [1.807, 2.05) is 35.8 Å². The Kier molecular flexibility index (Phi) is 5.29. The van der Waals surface area contributed by atoms with Crippen molar-refractivity contribution in [2.75, 3.05) is 37.0 Å². The van der Waals surface area contributed by atoms with Crippen molar-refractivity contribution in [3.05, 3.63) is 23.4 Å². The number of pyridine rings is 1. The van der Waals surface area contributed by atoms with Gasteiger partial charge in [0.15, 0.2) is 0 Å². The second-order valence-corrected chi connectivity index (χ2v) is 6.55. The van der Waals surface area contributed by atoms with Crippen LogP contribution < -0.4 is 5.32 Å². The highest BCUT2D eigenvalue weighted by molar-refractivity contribution is 7.99. The summed E-state index contributed by atoms with van der Waals surface area (Å²) >= 11 is 1.93. The topological polar surface area (TPSA) is 45.2 Å². The summed E-state index contributed by atoms with van der Waals surface area (Å²) in [6, 6.07) is 3.79. The highest BCUT2D eigenvalue weighted by Crippen LogP contribution is 2.20. The Morgan fingerprint density at radius 1 is 1.35 bits per heavy atom. The van der Waals surface area contributed by atoms with Gasteiger partial charge in [-0.1, -0.05) is 13.8 Å². The molecule has 20 heavy (non-hydrogen) atoms. The first-order valence-corrected chi connectivity index (χ1v) is 8.34. The van der Waals surface area contributed by atoms with E-state index in [-0.39, 0.29) is 5.91 Å². The zero-order valence-corrected chi connectivity index (χ0v) is 13.3. The molecule has 0 bridgehead atoms. The highest BCUT2D eigenvalue weighted by atomic mass is 32.2.